The molecule has 2 unspecified atom stereocenters. The third-order valence-electron chi connectivity index (χ3n) is 8.61. The normalized spacial score (nSPS) is 15.1. The summed E-state index contributed by atoms with van der Waals surface area (Å²) < 4.78 is 13.4. The fourth-order valence-corrected chi connectivity index (χ4v) is 6.14. The van der Waals surface area contributed by atoms with Gasteiger partial charge in [-0.2, -0.15) is 0 Å². The Morgan fingerprint density at radius 3 is 2.42 bits per heavy atom. The van der Waals surface area contributed by atoms with Crippen LogP contribution in [0.2, 0.25) is 0 Å². The molecular weight excluding hydrogens is 571 g/mol. The van der Waals surface area contributed by atoms with Crippen molar-refractivity contribution in [2.45, 2.75) is 44.2 Å². The predicted octanol–water partition coefficient (Wildman–Crippen LogP) is 5.43. The standard InChI is InChI=1S/C35H41FN6O3/c1-22(29-20-38-30-8-6-5-7-27(29)30)32(34(44)39-31-19-23(21-41(3)4)9-14-28(31)33(43)37-2)40-35(45)42-17-15-25(16-18-42)24-10-12-26(36)13-11-24/h5-14,19-20,22,25,32,38H,15-18,21H2,1-4H3,(H,37,43)(H,39,44)(H,40,45). The number of benzene rings is 3. The van der Waals surface area contributed by atoms with Gasteiger partial charge in [-0.1, -0.05) is 43.3 Å². The molecule has 0 saturated carbocycles. The Labute approximate surface area is 263 Å². The summed E-state index contributed by atoms with van der Waals surface area (Å²) in [4.78, 5) is 47.6. The van der Waals surface area contributed by atoms with E-state index in [-0.39, 0.29) is 23.7 Å². The number of likely N-dealkylation sites (tertiary alicyclic amines) is 1. The minimum absolute atomic E-state index is 0.233. The first-order valence-corrected chi connectivity index (χ1v) is 15.3. The molecular formula is C35H41FN6O3. The SMILES string of the molecule is CNC(=O)c1ccc(CN(C)C)cc1NC(=O)C(NC(=O)N1CCC(c2ccc(F)cc2)CC1)C(C)c1c[nH]c2ccccc12. The average molecular weight is 613 g/mol. The Hall–Kier alpha value is -4.70. The number of para-hydroxylation sites is 1. The Kier molecular flexibility index (Phi) is 9.83. The Balaban J connectivity index is 1.39. The molecule has 10 heteroatoms. The van der Waals surface area contributed by atoms with Crippen LogP contribution < -0.4 is 16.0 Å². The van der Waals surface area contributed by atoms with Crippen LogP contribution in [0.15, 0.2) is 72.9 Å². The number of aromatic amines is 1. The van der Waals surface area contributed by atoms with Crippen molar-refractivity contribution in [2.24, 2.45) is 0 Å². The average Bonchev–Trinajstić information content (AvgIpc) is 3.47. The van der Waals surface area contributed by atoms with Gasteiger partial charge in [0.2, 0.25) is 5.91 Å². The minimum atomic E-state index is -0.943. The maximum atomic E-state index is 14.1. The lowest BCUT2D eigenvalue weighted by Crippen LogP contribution is -2.53. The third-order valence-corrected chi connectivity index (χ3v) is 8.61. The smallest absolute Gasteiger partial charge is 0.318 e. The van der Waals surface area contributed by atoms with Gasteiger partial charge in [0.25, 0.3) is 5.91 Å². The Morgan fingerprint density at radius 1 is 1.02 bits per heavy atom. The zero-order chi connectivity index (χ0) is 32.1. The van der Waals surface area contributed by atoms with Crippen molar-refractivity contribution in [3.63, 3.8) is 0 Å². The molecule has 0 radical (unpaired) electrons. The van der Waals surface area contributed by atoms with Crippen molar-refractivity contribution in [2.75, 3.05) is 39.5 Å². The largest absolute Gasteiger partial charge is 0.361 e. The quantitative estimate of drug-likeness (QED) is 0.202. The third kappa shape index (κ3) is 7.34. The molecule has 4 aromatic rings. The lowest BCUT2D eigenvalue weighted by Gasteiger charge is -2.34. The van der Waals surface area contributed by atoms with Gasteiger partial charge in [-0.25, -0.2) is 9.18 Å². The van der Waals surface area contributed by atoms with E-state index in [0.717, 1.165) is 40.4 Å². The summed E-state index contributed by atoms with van der Waals surface area (Å²) in [7, 11) is 5.44. The number of halogens is 1. The Bertz CT molecular complexity index is 1660. The van der Waals surface area contributed by atoms with Crippen LogP contribution in [0.5, 0.6) is 0 Å². The first-order chi connectivity index (χ1) is 21.6. The van der Waals surface area contributed by atoms with E-state index in [1.807, 2.05) is 62.4 Å². The van der Waals surface area contributed by atoms with Crippen LogP contribution in [0.25, 0.3) is 10.9 Å². The number of carbonyl (C=O) groups is 3. The van der Waals surface area contributed by atoms with Crippen molar-refractivity contribution < 1.29 is 18.8 Å². The lowest BCUT2D eigenvalue weighted by atomic mass is 9.89. The minimum Gasteiger partial charge on any atom is -0.361 e. The van der Waals surface area contributed by atoms with E-state index >= 15 is 0 Å². The van der Waals surface area contributed by atoms with Gasteiger partial charge >= 0.3 is 6.03 Å². The number of carbonyl (C=O) groups excluding carboxylic acids is 3. The first-order valence-electron chi connectivity index (χ1n) is 15.3. The number of hydrogen-bond donors (Lipinski definition) is 4. The molecule has 5 rings (SSSR count). The molecule has 1 fully saturated rings. The van der Waals surface area contributed by atoms with Crippen LogP contribution in [0.3, 0.4) is 0 Å². The van der Waals surface area contributed by atoms with Crippen molar-refractivity contribution in [1.82, 2.24) is 25.4 Å². The lowest BCUT2D eigenvalue weighted by molar-refractivity contribution is -0.118. The number of hydrogen-bond acceptors (Lipinski definition) is 4. The molecule has 3 aromatic carbocycles. The van der Waals surface area contributed by atoms with Crippen molar-refractivity contribution in [1.29, 1.82) is 0 Å². The Morgan fingerprint density at radius 2 is 1.73 bits per heavy atom. The van der Waals surface area contributed by atoms with Gasteiger partial charge in [0.15, 0.2) is 0 Å². The number of anilines is 1. The van der Waals surface area contributed by atoms with Crippen LogP contribution in [-0.2, 0) is 11.3 Å². The highest BCUT2D eigenvalue weighted by Crippen LogP contribution is 2.31. The van der Waals surface area contributed by atoms with Gasteiger partial charge < -0.3 is 30.7 Å². The van der Waals surface area contributed by atoms with E-state index in [9.17, 15) is 18.8 Å². The molecule has 0 aliphatic carbocycles. The zero-order valence-corrected chi connectivity index (χ0v) is 26.2. The summed E-state index contributed by atoms with van der Waals surface area (Å²) in [6.45, 7) is 3.56. The number of rotatable bonds is 9. The number of aromatic nitrogens is 1. The molecule has 45 heavy (non-hydrogen) atoms. The molecule has 0 spiro atoms. The van der Waals surface area contributed by atoms with Gasteiger partial charge in [0, 0.05) is 49.7 Å². The van der Waals surface area contributed by atoms with E-state index in [4.69, 9.17) is 0 Å². The molecule has 0 bridgehead atoms. The topological polar surface area (TPSA) is 110 Å². The van der Waals surface area contributed by atoms with Crippen LogP contribution in [0.4, 0.5) is 14.9 Å². The molecule has 236 valence electrons. The fraction of sp³-hybridized carbons (Fsp3) is 0.343. The number of amides is 4. The highest BCUT2D eigenvalue weighted by atomic mass is 19.1. The van der Waals surface area contributed by atoms with E-state index in [0.29, 0.717) is 30.9 Å². The van der Waals surface area contributed by atoms with Gasteiger partial charge in [0.1, 0.15) is 11.9 Å². The van der Waals surface area contributed by atoms with Crippen molar-refractivity contribution in [3.8, 4) is 0 Å². The highest BCUT2D eigenvalue weighted by molar-refractivity contribution is 6.06. The number of piperidine rings is 1. The number of nitrogens with one attached hydrogen (secondary N) is 4. The second-order valence-corrected chi connectivity index (χ2v) is 12.0. The summed E-state index contributed by atoms with van der Waals surface area (Å²) in [6.07, 6.45) is 3.35. The molecule has 4 amide bonds. The number of fused-ring (bicyclic) bond motifs is 1. The van der Waals surface area contributed by atoms with Crippen molar-refractivity contribution >= 4 is 34.4 Å². The van der Waals surface area contributed by atoms with Gasteiger partial charge in [-0.05, 0) is 79.9 Å². The maximum absolute atomic E-state index is 14.1. The number of urea groups is 1. The second-order valence-electron chi connectivity index (χ2n) is 12.0. The molecule has 9 nitrogen and oxygen atoms in total. The monoisotopic (exact) mass is 612 g/mol. The van der Waals surface area contributed by atoms with Crippen LogP contribution in [-0.4, -0.2) is 72.9 Å². The number of H-pyrrole nitrogens is 1. The molecule has 1 aliphatic heterocycles. The van der Waals surface area contributed by atoms with Gasteiger partial charge in [-0.3, -0.25) is 9.59 Å². The molecule has 1 aliphatic rings. The summed E-state index contributed by atoms with van der Waals surface area (Å²) in [5.41, 5.74) is 4.53. The summed E-state index contributed by atoms with van der Waals surface area (Å²) in [5.74, 6) is -1.19. The summed E-state index contributed by atoms with van der Waals surface area (Å²) in [6, 6.07) is 18.5. The molecule has 1 saturated heterocycles. The summed E-state index contributed by atoms with van der Waals surface area (Å²) in [5, 5.41) is 9.63. The van der Waals surface area contributed by atoms with E-state index in [1.165, 1.54) is 12.1 Å². The fourth-order valence-electron chi connectivity index (χ4n) is 6.14. The zero-order valence-electron chi connectivity index (χ0n) is 26.2. The van der Waals surface area contributed by atoms with Gasteiger partial charge in [0.05, 0.1) is 11.3 Å². The molecule has 2 heterocycles. The summed E-state index contributed by atoms with van der Waals surface area (Å²) >= 11 is 0. The van der Waals surface area contributed by atoms with Crippen LogP contribution in [0.1, 0.15) is 58.6 Å². The first kappa shape index (κ1) is 31.7. The molecule has 2 atom stereocenters. The highest BCUT2D eigenvalue weighted by Gasteiger charge is 2.33. The molecule has 4 N–H and O–H groups in total. The number of nitrogens with zero attached hydrogens (tertiary/aromatic N) is 2. The van der Waals surface area contributed by atoms with E-state index in [1.54, 1.807) is 36.2 Å². The molecule has 1 aromatic heterocycles. The van der Waals surface area contributed by atoms with Crippen LogP contribution >= 0.6 is 0 Å². The predicted molar refractivity (Wildman–Crippen MR) is 175 cm³/mol. The second kappa shape index (κ2) is 13.9. The van der Waals surface area contributed by atoms with Gasteiger partial charge in [-0.15, -0.1) is 0 Å². The van der Waals surface area contributed by atoms with E-state index in [2.05, 4.69) is 20.9 Å². The van der Waals surface area contributed by atoms with E-state index < -0.39 is 17.9 Å². The maximum Gasteiger partial charge on any atom is 0.318 e. The van der Waals surface area contributed by atoms with Crippen LogP contribution in [0, 0.1) is 5.82 Å². The van der Waals surface area contributed by atoms with Crippen molar-refractivity contribution in [3.05, 3.63) is 101 Å².